The van der Waals surface area contributed by atoms with Gasteiger partial charge in [-0.3, -0.25) is 0 Å². The summed E-state index contributed by atoms with van der Waals surface area (Å²) in [5.74, 6) is 0.411. The van der Waals surface area contributed by atoms with E-state index in [1.807, 2.05) is 30.3 Å². The number of nitrogens with one attached hydrogen (secondary N) is 1. The Morgan fingerprint density at radius 1 is 1.08 bits per heavy atom. The molecule has 3 rings (SSSR count). The first-order valence-electron chi connectivity index (χ1n) is 8.92. The van der Waals surface area contributed by atoms with E-state index in [-0.39, 0.29) is 11.7 Å². The molecule has 136 valence electrons. The van der Waals surface area contributed by atoms with Gasteiger partial charge in [-0.1, -0.05) is 43.6 Å². The van der Waals surface area contributed by atoms with Crippen LogP contribution in [0, 0.1) is 6.92 Å². The predicted molar refractivity (Wildman–Crippen MR) is 108 cm³/mol. The summed E-state index contributed by atoms with van der Waals surface area (Å²) in [5.41, 5.74) is 4.71. The minimum Gasteiger partial charge on any atom is -0.423 e. The Morgan fingerprint density at radius 2 is 1.81 bits per heavy atom. The van der Waals surface area contributed by atoms with Gasteiger partial charge in [-0.05, 0) is 60.2 Å². The highest BCUT2D eigenvalue weighted by Crippen LogP contribution is 2.28. The van der Waals surface area contributed by atoms with Crippen LogP contribution in [0.4, 0.5) is 0 Å². The van der Waals surface area contributed by atoms with Crippen molar-refractivity contribution in [1.82, 2.24) is 5.32 Å². The molecule has 3 nitrogen and oxygen atoms in total. The SMILES string of the molecule is Cc1cc2oc(=O)cc(CN[C@@H](C)c3ccccc3Cl)c2cc1C(C)C. The summed E-state index contributed by atoms with van der Waals surface area (Å²) in [5, 5.41) is 5.20. The molecule has 0 bridgehead atoms. The van der Waals surface area contributed by atoms with Crippen molar-refractivity contribution in [1.29, 1.82) is 0 Å². The zero-order valence-electron chi connectivity index (χ0n) is 15.6. The third-order valence-electron chi connectivity index (χ3n) is 4.81. The molecule has 0 radical (unpaired) electrons. The standard InChI is InChI=1S/C22H24ClNO2/c1-13(2)18-11-19-16(10-22(25)26-21(19)9-14(18)3)12-24-15(4)17-7-5-6-8-20(17)23/h5-11,13,15,24H,12H2,1-4H3/t15-/m0/s1. The van der Waals surface area contributed by atoms with Crippen molar-refractivity contribution in [3.8, 4) is 0 Å². The topological polar surface area (TPSA) is 42.2 Å². The van der Waals surface area contributed by atoms with Crippen LogP contribution in [0.1, 0.15) is 55.0 Å². The molecule has 0 amide bonds. The van der Waals surface area contributed by atoms with E-state index in [4.69, 9.17) is 16.0 Å². The van der Waals surface area contributed by atoms with E-state index in [9.17, 15) is 4.79 Å². The van der Waals surface area contributed by atoms with Gasteiger partial charge in [0.15, 0.2) is 0 Å². The molecule has 1 atom stereocenters. The van der Waals surface area contributed by atoms with Crippen molar-refractivity contribution in [2.24, 2.45) is 0 Å². The fourth-order valence-corrected chi connectivity index (χ4v) is 3.66. The second kappa shape index (κ2) is 7.65. The van der Waals surface area contributed by atoms with Gasteiger partial charge in [0, 0.05) is 29.1 Å². The van der Waals surface area contributed by atoms with E-state index in [1.165, 1.54) is 5.56 Å². The maximum Gasteiger partial charge on any atom is 0.336 e. The Morgan fingerprint density at radius 3 is 2.50 bits per heavy atom. The van der Waals surface area contributed by atoms with Gasteiger partial charge in [-0.25, -0.2) is 4.79 Å². The average molecular weight is 370 g/mol. The van der Waals surface area contributed by atoms with Crippen molar-refractivity contribution in [3.05, 3.63) is 80.2 Å². The van der Waals surface area contributed by atoms with Gasteiger partial charge in [0.2, 0.25) is 0 Å². The highest BCUT2D eigenvalue weighted by Gasteiger charge is 2.13. The molecular formula is C22H24ClNO2. The molecule has 0 aliphatic rings. The molecule has 0 saturated heterocycles. The smallest absolute Gasteiger partial charge is 0.336 e. The minimum absolute atomic E-state index is 0.0704. The first-order chi connectivity index (χ1) is 12.4. The van der Waals surface area contributed by atoms with Gasteiger partial charge in [-0.2, -0.15) is 0 Å². The van der Waals surface area contributed by atoms with Crippen molar-refractivity contribution in [3.63, 3.8) is 0 Å². The number of aryl methyl sites for hydroxylation is 1. The molecule has 1 aromatic heterocycles. The second-order valence-electron chi connectivity index (χ2n) is 7.07. The van der Waals surface area contributed by atoms with E-state index < -0.39 is 0 Å². The molecule has 0 unspecified atom stereocenters. The highest BCUT2D eigenvalue weighted by atomic mass is 35.5. The maximum absolute atomic E-state index is 12.0. The zero-order valence-corrected chi connectivity index (χ0v) is 16.4. The van der Waals surface area contributed by atoms with Crippen LogP contribution < -0.4 is 10.9 Å². The van der Waals surface area contributed by atoms with Crippen LogP contribution in [0.25, 0.3) is 11.0 Å². The van der Waals surface area contributed by atoms with Crippen LogP contribution in [0.2, 0.25) is 5.02 Å². The third kappa shape index (κ3) is 3.84. The van der Waals surface area contributed by atoms with E-state index in [1.54, 1.807) is 6.07 Å². The summed E-state index contributed by atoms with van der Waals surface area (Å²) in [7, 11) is 0. The summed E-state index contributed by atoms with van der Waals surface area (Å²) < 4.78 is 5.42. The van der Waals surface area contributed by atoms with Crippen LogP contribution in [0.5, 0.6) is 0 Å². The largest absolute Gasteiger partial charge is 0.423 e. The fraction of sp³-hybridized carbons (Fsp3) is 0.318. The maximum atomic E-state index is 12.0. The van der Waals surface area contributed by atoms with Crippen molar-refractivity contribution in [2.45, 2.75) is 46.2 Å². The average Bonchev–Trinajstić information content (AvgIpc) is 2.58. The van der Waals surface area contributed by atoms with E-state index >= 15 is 0 Å². The number of halogens is 1. The molecule has 4 heteroatoms. The number of fused-ring (bicyclic) bond motifs is 1. The highest BCUT2D eigenvalue weighted by molar-refractivity contribution is 6.31. The van der Waals surface area contributed by atoms with E-state index in [2.05, 4.69) is 39.1 Å². The first-order valence-corrected chi connectivity index (χ1v) is 9.29. The lowest BCUT2D eigenvalue weighted by Gasteiger charge is -2.17. The van der Waals surface area contributed by atoms with Gasteiger partial charge in [0.25, 0.3) is 0 Å². The number of hydrogen-bond donors (Lipinski definition) is 1. The fourth-order valence-electron chi connectivity index (χ4n) is 3.36. The van der Waals surface area contributed by atoms with Gasteiger partial charge in [0.1, 0.15) is 5.58 Å². The molecule has 1 heterocycles. The predicted octanol–water partition coefficient (Wildman–Crippen LogP) is 5.73. The molecule has 0 fully saturated rings. The Labute approximate surface area is 159 Å². The lowest BCUT2D eigenvalue weighted by molar-refractivity contribution is 0.547. The van der Waals surface area contributed by atoms with Gasteiger partial charge >= 0.3 is 5.63 Å². The number of rotatable bonds is 5. The van der Waals surface area contributed by atoms with Crippen molar-refractivity contribution < 1.29 is 4.42 Å². The monoisotopic (exact) mass is 369 g/mol. The Bertz CT molecular complexity index is 991. The number of benzene rings is 2. The van der Waals surface area contributed by atoms with Crippen LogP contribution >= 0.6 is 11.6 Å². The molecular weight excluding hydrogens is 346 g/mol. The van der Waals surface area contributed by atoms with Crippen LogP contribution in [0.15, 0.2) is 51.7 Å². The van der Waals surface area contributed by atoms with Gasteiger partial charge in [0.05, 0.1) is 0 Å². The normalized spacial score (nSPS) is 12.7. The van der Waals surface area contributed by atoms with Crippen molar-refractivity contribution >= 4 is 22.6 Å². The summed E-state index contributed by atoms with van der Waals surface area (Å²) in [6.45, 7) is 9.03. The van der Waals surface area contributed by atoms with E-state index in [0.29, 0.717) is 18.0 Å². The molecule has 26 heavy (non-hydrogen) atoms. The summed E-state index contributed by atoms with van der Waals surface area (Å²) in [6.07, 6.45) is 0. The molecule has 0 aliphatic carbocycles. The van der Waals surface area contributed by atoms with Crippen LogP contribution in [0.3, 0.4) is 0 Å². The lowest BCUT2D eigenvalue weighted by Crippen LogP contribution is -2.19. The van der Waals surface area contributed by atoms with E-state index in [0.717, 1.165) is 27.1 Å². The Balaban J connectivity index is 1.95. The van der Waals surface area contributed by atoms with Crippen LogP contribution in [-0.2, 0) is 6.54 Å². The molecule has 1 N–H and O–H groups in total. The van der Waals surface area contributed by atoms with Crippen molar-refractivity contribution in [2.75, 3.05) is 0 Å². The Kier molecular flexibility index (Phi) is 5.49. The quantitative estimate of drug-likeness (QED) is 0.584. The molecule has 0 spiro atoms. The zero-order chi connectivity index (χ0) is 18.8. The molecule has 2 aromatic carbocycles. The molecule has 0 aliphatic heterocycles. The third-order valence-corrected chi connectivity index (χ3v) is 5.15. The minimum atomic E-state index is -0.323. The Hall–Kier alpha value is -2.10. The van der Waals surface area contributed by atoms with Crippen LogP contribution in [-0.4, -0.2) is 0 Å². The summed E-state index contributed by atoms with van der Waals surface area (Å²) in [4.78, 5) is 12.0. The van der Waals surface area contributed by atoms with Gasteiger partial charge < -0.3 is 9.73 Å². The first kappa shape index (κ1) is 18.7. The summed E-state index contributed by atoms with van der Waals surface area (Å²) in [6, 6.07) is 13.6. The van der Waals surface area contributed by atoms with Gasteiger partial charge in [-0.15, -0.1) is 0 Å². The molecule has 3 aromatic rings. The number of hydrogen-bond acceptors (Lipinski definition) is 3. The second-order valence-corrected chi connectivity index (χ2v) is 7.48. The summed E-state index contributed by atoms with van der Waals surface area (Å²) >= 11 is 6.29. The molecule has 0 saturated carbocycles. The lowest BCUT2D eigenvalue weighted by atomic mass is 9.95.